The molecule has 0 aliphatic heterocycles. The number of hydrogen-bond acceptors (Lipinski definition) is 7. The third kappa shape index (κ3) is 6.34. The molecule has 0 aliphatic rings. The van der Waals surface area contributed by atoms with Crippen molar-refractivity contribution in [1.29, 1.82) is 0 Å². The van der Waals surface area contributed by atoms with Crippen LogP contribution in [0.5, 0.6) is 11.5 Å². The van der Waals surface area contributed by atoms with Crippen LogP contribution in [0.25, 0.3) is 21.8 Å². The summed E-state index contributed by atoms with van der Waals surface area (Å²) in [7, 11) is 5.33. The monoisotopic (exact) mass is 580 g/mol. The molecule has 0 bridgehead atoms. The van der Waals surface area contributed by atoms with E-state index in [1.54, 1.807) is 32.4 Å². The molecule has 10 heteroatoms. The van der Waals surface area contributed by atoms with E-state index in [9.17, 15) is 19.7 Å². The van der Waals surface area contributed by atoms with Crippen LogP contribution >= 0.6 is 0 Å². The first kappa shape index (κ1) is 29.3. The van der Waals surface area contributed by atoms with E-state index in [0.717, 1.165) is 37.1 Å². The van der Waals surface area contributed by atoms with Crippen LogP contribution in [-0.4, -0.2) is 48.5 Å². The Morgan fingerprint density at radius 1 is 0.907 bits per heavy atom. The second kappa shape index (κ2) is 12.7. The lowest BCUT2D eigenvalue weighted by molar-refractivity contribution is -0.383. The van der Waals surface area contributed by atoms with Crippen molar-refractivity contribution in [3.63, 3.8) is 0 Å². The van der Waals surface area contributed by atoms with Gasteiger partial charge < -0.3 is 24.7 Å². The fraction of sp³-hybridized carbons (Fsp3) is 0.212. The highest BCUT2D eigenvalue weighted by Gasteiger charge is 2.19. The van der Waals surface area contributed by atoms with Gasteiger partial charge >= 0.3 is 0 Å². The summed E-state index contributed by atoms with van der Waals surface area (Å²) in [6.07, 6.45) is 1.83. The lowest BCUT2D eigenvalue weighted by Crippen LogP contribution is -2.19. The zero-order chi connectivity index (χ0) is 30.5. The molecule has 4 aromatic carbocycles. The molecule has 1 heterocycles. The molecule has 220 valence electrons. The quantitative estimate of drug-likeness (QED) is 0.113. The lowest BCUT2D eigenvalue weighted by Gasteiger charge is -2.18. The minimum atomic E-state index is -0.551. The number of nitro benzene ring substituents is 1. The van der Waals surface area contributed by atoms with Gasteiger partial charge in [-0.3, -0.25) is 19.7 Å². The number of carbonyl (C=O) groups is 1. The third-order valence-corrected chi connectivity index (χ3v) is 7.41. The molecular weight excluding hydrogens is 548 g/mol. The summed E-state index contributed by atoms with van der Waals surface area (Å²) in [6, 6.07) is 22.7. The predicted molar refractivity (Wildman–Crippen MR) is 167 cm³/mol. The van der Waals surface area contributed by atoms with Gasteiger partial charge in [-0.2, -0.15) is 0 Å². The van der Waals surface area contributed by atoms with E-state index < -0.39 is 10.8 Å². The number of non-ortho nitro benzene ring substituents is 1. The number of nitrogens with zero attached hydrogens (tertiary/aromatic N) is 2. The molecule has 0 atom stereocenters. The van der Waals surface area contributed by atoms with Crippen LogP contribution in [-0.2, 0) is 13.0 Å². The average molecular weight is 581 g/mol. The standard InChI is InChI=1S/C33H32N4O6/c1-36(20-22-14-17-28(42-2)29(19-22)43-3)18-6-7-21-12-15-23(16-13-21)34-33(39)26-10-4-8-24-30(26)35-31-25(32(24)38)9-5-11-27(31)37(40)41/h4-5,8-17,19H,6-7,18,20H2,1-3H3,(H,34,39)(H,35,38). The topological polar surface area (TPSA) is 127 Å². The van der Waals surface area contributed by atoms with Crippen LogP contribution in [0.3, 0.4) is 0 Å². The molecule has 2 N–H and O–H groups in total. The first-order chi connectivity index (χ1) is 20.8. The van der Waals surface area contributed by atoms with E-state index in [0.29, 0.717) is 17.2 Å². The number of aromatic nitrogens is 1. The Morgan fingerprint density at radius 2 is 1.58 bits per heavy atom. The molecule has 0 saturated heterocycles. The number of aromatic amines is 1. The van der Waals surface area contributed by atoms with E-state index in [1.165, 1.54) is 18.2 Å². The van der Waals surface area contributed by atoms with E-state index >= 15 is 0 Å². The zero-order valence-electron chi connectivity index (χ0n) is 24.2. The van der Waals surface area contributed by atoms with Crippen LogP contribution in [0, 0.1) is 10.1 Å². The number of rotatable bonds is 11. The second-order valence-corrected chi connectivity index (χ2v) is 10.3. The van der Waals surface area contributed by atoms with Gasteiger partial charge in [0.2, 0.25) is 0 Å². The normalized spacial score (nSPS) is 11.2. The Bertz CT molecular complexity index is 1870. The largest absolute Gasteiger partial charge is 0.493 e. The Balaban J connectivity index is 1.23. The smallest absolute Gasteiger partial charge is 0.293 e. The van der Waals surface area contributed by atoms with Crippen molar-refractivity contribution in [3.8, 4) is 11.5 Å². The molecule has 1 aromatic heterocycles. The summed E-state index contributed by atoms with van der Waals surface area (Å²) in [6.45, 7) is 1.69. The van der Waals surface area contributed by atoms with Gasteiger partial charge in [-0.05, 0) is 80.0 Å². The van der Waals surface area contributed by atoms with Gasteiger partial charge in [-0.1, -0.05) is 30.3 Å². The van der Waals surface area contributed by atoms with Crippen LogP contribution in [0.4, 0.5) is 11.4 Å². The van der Waals surface area contributed by atoms with Gasteiger partial charge in [-0.25, -0.2) is 0 Å². The van der Waals surface area contributed by atoms with E-state index in [4.69, 9.17) is 9.47 Å². The van der Waals surface area contributed by atoms with Crippen molar-refractivity contribution in [2.45, 2.75) is 19.4 Å². The number of amides is 1. The number of fused-ring (bicyclic) bond motifs is 2. The molecule has 0 aliphatic carbocycles. The highest BCUT2D eigenvalue weighted by atomic mass is 16.6. The maximum atomic E-state index is 13.3. The zero-order valence-corrected chi connectivity index (χ0v) is 24.2. The Morgan fingerprint density at radius 3 is 2.28 bits per heavy atom. The van der Waals surface area contributed by atoms with Crippen molar-refractivity contribution >= 4 is 39.1 Å². The van der Waals surface area contributed by atoms with Crippen molar-refractivity contribution in [1.82, 2.24) is 9.88 Å². The summed E-state index contributed by atoms with van der Waals surface area (Å²) < 4.78 is 10.7. The maximum absolute atomic E-state index is 13.3. The van der Waals surface area contributed by atoms with Gasteiger partial charge in [0, 0.05) is 23.7 Å². The summed E-state index contributed by atoms with van der Waals surface area (Å²) in [5, 5.41) is 14.9. The summed E-state index contributed by atoms with van der Waals surface area (Å²) >= 11 is 0. The Hall–Kier alpha value is -5.22. The summed E-state index contributed by atoms with van der Waals surface area (Å²) in [4.78, 5) is 42.6. The second-order valence-electron chi connectivity index (χ2n) is 10.3. The highest BCUT2D eigenvalue weighted by molar-refractivity contribution is 6.13. The number of H-pyrrole nitrogens is 1. The SMILES string of the molecule is COc1ccc(CN(C)CCCc2ccc(NC(=O)c3cccc4c(=O)c5cccc([N+](=O)[O-])c5[nH]c34)cc2)cc1OC. The number of nitro groups is 1. The number of hydrogen-bond donors (Lipinski definition) is 2. The molecular formula is C33H32N4O6. The molecule has 0 saturated carbocycles. The highest BCUT2D eigenvalue weighted by Crippen LogP contribution is 2.28. The number of ether oxygens (including phenoxy) is 2. The number of methoxy groups -OCH3 is 2. The maximum Gasteiger partial charge on any atom is 0.293 e. The molecule has 0 fully saturated rings. The van der Waals surface area contributed by atoms with Gasteiger partial charge in [0.1, 0.15) is 5.52 Å². The fourth-order valence-corrected chi connectivity index (χ4v) is 5.22. The molecule has 1 amide bonds. The first-order valence-corrected chi connectivity index (χ1v) is 13.8. The first-order valence-electron chi connectivity index (χ1n) is 13.8. The molecule has 10 nitrogen and oxygen atoms in total. The minimum absolute atomic E-state index is 0.0870. The summed E-state index contributed by atoms with van der Waals surface area (Å²) in [5.41, 5.74) is 2.84. The Kier molecular flexibility index (Phi) is 8.68. The summed E-state index contributed by atoms with van der Waals surface area (Å²) in [5.74, 6) is 0.996. The van der Waals surface area contributed by atoms with Gasteiger partial charge in [-0.15, -0.1) is 0 Å². The van der Waals surface area contributed by atoms with Crippen LogP contribution in [0.1, 0.15) is 27.9 Å². The molecule has 0 unspecified atom stereocenters. The van der Waals surface area contributed by atoms with Gasteiger partial charge in [0.15, 0.2) is 16.9 Å². The van der Waals surface area contributed by atoms with Crippen molar-refractivity contribution in [2.24, 2.45) is 0 Å². The molecule has 0 spiro atoms. The number of carbonyl (C=O) groups excluding carboxylic acids is 1. The van der Waals surface area contributed by atoms with Crippen molar-refractivity contribution in [2.75, 3.05) is 33.1 Å². The molecule has 43 heavy (non-hydrogen) atoms. The molecule has 0 radical (unpaired) electrons. The van der Waals surface area contributed by atoms with Crippen molar-refractivity contribution in [3.05, 3.63) is 116 Å². The number of nitrogens with one attached hydrogen (secondary N) is 2. The molecule has 5 rings (SSSR count). The van der Waals surface area contributed by atoms with Crippen LogP contribution < -0.4 is 20.2 Å². The van der Waals surface area contributed by atoms with Crippen LogP contribution in [0.15, 0.2) is 83.7 Å². The van der Waals surface area contributed by atoms with Gasteiger partial charge in [0.05, 0.1) is 35.6 Å². The fourth-order valence-electron chi connectivity index (χ4n) is 5.22. The minimum Gasteiger partial charge on any atom is -0.493 e. The third-order valence-electron chi connectivity index (χ3n) is 7.41. The Labute approximate surface area is 248 Å². The average Bonchev–Trinajstić information content (AvgIpc) is 3.01. The predicted octanol–water partition coefficient (Wildman–Crippen LogP) is 5.92. The van der Waals surface area contributed by atoms with E-state index in [1.807, 2.05) is 42.5 Å². The van der Waals surface area contributed by atoms with Crippen LogP contribution in [0.2, 0.25) is 0 Å². The number of benzene rings is 4. The van der Waals surface area contributed by atoms with E-state index in [-0.39, 0.29) is 38.5 Å². The van der Waals surface area contributed by atoms with E-state index in [2.05, 4.69) is 22.2 Å². The van der Waals surface area contributed by atoms with Crippen molar-refractivity contribution < 1.29 is 19.2 Å². The number of aryl methyl sites for hydroxylation is 1. The number of anilines is 1. The number of para-hydroxylation sites is 2. The molecule has 5 aromatic rings. The van der Waals surface area contributed by atoms with Gasteiger partial charge in [0.25, 0.3) is 11.6 Å². The number of pyridine rings is 1. The lowest BCUT2D eigenvalue weighted by atomic mass is 10.0.